The summed E-state index contributed by atoms with van der Waals surface area (Å²) in [5.41, 5.74) is 2.09. The van der Waals surface area contributed by atoms with Crippen molar-refractivity contribution in [3.8, 4) is 5.75 Å². The molecular formula is C20H29NO4. The molecule has 0 bridgehead atoms. The number of nitrogens with one attached hydrogen (secondary N) is 1. The fourth-order valence-corrected chi connectivity index (χ4v) is 3.24. The van der Waals surface area contributed by atoms with Crippen molar-refractivity contribution in [3.63, 3.8) is 0 Å². The van der Waals surface area contributed by atoms with Crippen molar-refractivity contribution in [2.75, 3.05) is 13.2 Å². The lowest BCUT2D eigenvalue weighted by atomic mass is 9.78. The molecule has 1 fully saturated rings. The molecular weight excluding hydrogens is 318 g/mol. The normalized spacial score (nSPS) is 23.0. The second-order valence-electron chi connectivity index (χ2n) is 7.09. The van der Waals surface area contributed by atoms with E-state index in [1.165, 1.54) is 6.42 Å². The lowest BCUT2D eigenvalue weighted by Gasteiger charge is -2.34. The summed E-state index contributed by atoms with van der Waals surface area (Å²) in [7, 11) is 0. The average molecular weight is 347 g/mol. The highest BCUT2D eigenvalue weighted by atomic mass is 16.6. The van der Waals surface area contributed by atoms with Gasteiger partial charge in [0.2, 0.25) is 0 Å². The molecule has 0 unspecified atom stereocenters. The Balaban J connectivity index is 1.72. The van der Waals surface area contributed by atoms with Gasteiger partial charge in [0.15, 0.2) is 13.2 Å². The molecule has 5 heteroatoms. The predicted molar refractivity (Wildman–Crippen MR) is 96.5 cm³/mol. The Morgan fingerprint density at radius 3 is 2.68 bits per heavy atom. The van der Waals surface area contributed by atoms with Gasteiger partial charge in [0, 0.05) is 6.04 Å². The first kappa shape index (κ1) is 19.3. The van der Waals surface area contributed by atoms with Crippen molar-refractivity contribution >= 4 is 11.9 Å². The van der Waals surface area contributed by atoms with Gasteiger partial charge in [-0.05, 0) is 49.3 Å². The molecule has 0 saturated heterocycles. The van der Waals surface area contributed by atoms with Crippen LogP contribution in [0.1, 0.15) is 44.2 Å². The van der Waals surface area contributed by atoms with E-state index in [9.17, 15) is 9.59 Å². The Kier molecular flexibility index (Phi) is 6.85. The molecule has 5 nitrogen and oxygen atoms in total. The molecule has 25 heavy (non-hydrogen) atoms. The maximum Gasteiger partial charge on any atom is 0.344 e. The fourth-order valence-electron chi connectivity index (χ4n) is 3.24. The van der Waals surface area contributed by atoms with Crippen LogP contribution >= 0.6 is 0 Å². The number of aryl methyl sites for hydroxylation is 1. The number of ether oxygens (including phenoxy) is 2. The lowest BCUT2D eigenvalue weighted by Crippen LogP contribution is -2.45. The summed E-state index contributed by atoms with van der Waals surface area (Å²) in [6, 6.07) is 5.84. The van der Waals surface area contributed by atoms with E-state index in [0.29, 0.717) is 17.6 Å². The Labute approximate surface area is 150 Å². The Morgan fingerprint density at radius 2 is 1.92 bits per heavy atom. The van der Waals surface area contributed by atoms with Gasteiger partial charge in [-0.25, -0.2) is 4.79 Å². The summed E-state index contributed by atoms with van der Waals surface area (Å²) in [5.74, 6) is 0.923. The van der Waals surface area contributed by atoms with E-state index in [0.717, 1.165) is 24.0 Å². The lowest BCUT2D eigenvalue weighted by molar-refractivity contribution is -0.150. The average Bonchev–Trinajstić information content (AvgIpc) is 2.58. The van der Waals surface area contributed by atoms with Crippen molar-refractivity contribution < 1.29 is 19.1 Å². The Morgan fingerprint density at radius 1 is 1.16 bits per heavy atom. The zero-order valence-electron chi connectivity index (χ0n) is 15.6. The van der Waals surface area contributed by atoms with Gasteiger partial charge >= 0.3 is 5.97 Å². The molecule has 0 aromatic heterocycles. The highest BCUT2D eigenvalue weighted by molar-refractivity contribution is 5.81. The van der Waals surface area contributed by atoms with Crippen LogP contribution in [0.5, 0.6) is 5.75 Å². The Hall–Kier alpha value is -2.04. The third-order valence-electron chi connectivity index (χ3n) is 5.32. The molecule has 138 valence electrons. The minimum Gasteiger partial charge on any atom is -0.482 e. The van der Waals surface area contributed by atoms with E-state index >= 15 is 0 Å². The topological polar surface area (TPSA) is 64.6 Å². The molecule has 3 atom stereocenters. The van der Waals surface area contributed by atoms with Crippen LogP contribution in [0.25, 0.3) is 0 Å². The van der Waals surface area contributed by atoms with Crippen LogP contribution < -0.4 is 10.1 Å². The highest BCUT2D eigenvalue weighted by Crippen LogP contribution is 2.29. The summed E-state index contributed by atoms with van der Waals surface area (Å²) >= 11 is 0. The van der Waals surface area contributed by atoms with E-state index in [-0.39, 0.29) is 25.2 Å². The fraction of sp³-hybridized carbons (Fsp3) is 0.600. The van der Waals surface area contributed by atoms with Crippen molar-refractivity contribution in [1.29, 1.82) is 0 Å². The van der Waals surface area contributed by atoms with Crippen molar-refractivity contribution in [2.45, 2.75) is 53.0 Å². The molecule has 1 aliphatic rings. The van der Waals surface area contributed by atoms with Gasteiger partial charge in [-0.3, -0.25) is 4.79 Å². The molecule has 0 spiro atoms. The quantitative estimate of drug-likeness (QED) is 0.803. The number of amides is 1. The number of benzene rings is 1. The number of carbonyl (C=O) groups is 2. The van der Waals surface area contributed by atoms with Gasteiger partial charge in [-0.15, -0.1) is 0 Å². The minimum absolute atomic E-state index is 0.168. The maximum atomic E-state index is 12.0. The number of carbonyl (C=O) groups excluding carboxylic acids is 2. The van der Waals surface area contributed by atoms with Gasteiger partial charge in [0.1, 0.15) is 5.75 Å². The molecule has 0 aliphatic heterocycles. The van der Waals surface area contributed by atoms with Crippen molar-refractivity contribution in [3.05, 3.63) is 29.3 Å². The second kappa shape index (κ2) is 8.88. The van der Waals surface area contributed by atoms with Crippen molar-refractivity contribution in [1.82, 2.24) is 5.32 Å². The van der Waals surface area contributed by atoms with Crippen LogP contribution in [0.15, 0.2) is 18.2 Å². The van der Waals surface area contributed by atoms with Crippen LogP contribution in [0.4, 0.5) is 0 Å². The molecule has 2 rings (SSSR count). The van der Waals surface area contributed by atoms with Crippen LogP contribution in [-0.4, -0.2) is 31.1 Å². The standard InChI is InChI=1S/C20H29NO4/c1-13-7-5-9-17(15(13)3)21-19(22)11-25-20(23)12-24-18-10-6-8-14(2)16(18)4/h6,8,10,13,15,17H,5,7,9,11-12H2,1-4H3,(H,21,22)/t13-,15-,17+/m0/s1. The number of hydrogen-bond donors (Lipinski definition) is 1. The third-order valence-corrected chi connectivity index (χ3v) is 5.32. The second-order valence-corrected chi connectivity index (χ2v) is 7.09. The summed E-state index contributed by atoms with van der Waals surface area (Å²) < 4.78 is 10.5. The maximum absolute atomic E-state index is 12.0. The summed E-state index contributed by atoms with van der Waals surface area (Å²) in [5, 5.41) is 2.99. The zero-order chi connectivity index (χ0) is 18.4. The summed E-state index contributed by atoms with van der Waals surface area (Å²) in [6.45, 7) is 7.85. The first-order valence-corrected chi connectivity index (χ1v) is 9.02. The largest absolute Gasteiger partial charge is 0.482 e. The molecule has 0 radical (unpaired) electrons. The monoisotopic (exact) mass is 347 g/mol. The molecule has 1 saturated carbocycles. The molecule has 0 heterocycles. The van der Waals surface area contributed by atoms with Gasteiger partial charge in [-0.1, -0.05) is 38.8 Å². The molecule has 1 N–H and O–H groups in total. The van der Waals surface area contributed by atoms with Gasteiger partial charge in [-0.2, -0.15) is 0 Å². The molecule has 1 aromatic carbocycles. The van der Waals surface area contributed by atoms with Crippen LogP contribution in [0.2, 0.25) is 0 Å². The smallest absolute Gasteiger partial charge is 0.344 e. The van der Waals surface area contributed by atoms with E-state index in [2.05, 4.69) is 19.2 Å². The van der Waals surface area contributed by atoms with Crippen LogP contribution in [0.3, 0.4) is 0 Å². The summed E-state index contributed by atoms with van der Waals surface area (Å²) in [4.78, 5) is 23.8. The van der Waals surface area contributed by atoms with E-state index < -0.39 is 5.97 Å². The minimum atomic E-state index is -0.541. The van der Waals surface area contributed by atoms with Gasteiger partial charge in [0.05, 0.1) is 0 Å². The van der Waals surface area contributed by atoms with E-state index in [1.807, 2.05) is 32.0 Å². The molecule has 1 aliphatic carbocycles. The molecule has 1 amide bonds. The number of esters is 1. The number of rotatable bonds is 6. The van der Waals surface area contributed by atoms with Crippen LogP contribution in [0, 0.1) is 25.7 Å². The van der Waals surface area contributed by atoms with E-state index in [1.54, 1.807) is 0 Å². The SMILES string of the molecule is Cc1cccc(OCC(=O)OCC(=O)N[C@@H]2CCC[C@H](C)[C@@H]2C)c1C. The van der Waals surface area contributed by atoms with Crippen molar-refractivity contribution in [2.24, 2.45) is 11.8 Å². The van der Waals surface area contributed by atoms with Crippen LogP contribution in [-0.2, 0) is 14.3 Å². The molecule has 1 aromatic rings. The first-order chi connectivity index (χ1) is 11.9. The zero-order valence-corrected chi connectivity index (χ0v) is 15.6. The predicted octanol–water partition coefficient (Wildman–Crippen LogP) is 3.17. The van der Waals surface area contributed by atoms with E-state index in [4.69, 9.17) is 9.47 Å². The third kappa shape index (κ3) is 5.48. The Bertz CT molecular complexity index is 614. The number of hydrogen-bond acceptors (Lipinski definition) is 4. The first-order valence-electron chi connectivity index (χ1n) is 9.02. The summed E-state index contributed by atoms with van der Waals surface area (Å²) in [6.07, 6.45) is 3.32. The highest BCUT2D eigenvalue weighted by Gasteiger charge is 2.28. The van der Waals surface area contributed by atoms with Gasteiger partial charge in [0.25, 0.3) is 5.91 Å². The van der Waals surface area contributed by atoms with Gasteiger partial charge < -0.3 is 14.8 Å².